The fraction of sp³-hybridized carbons (Fsp3) is 0.167. The first-order valence-corrected chi connectivity index (χ1v) is 12.0. The highest BCUT2D eigenvalue weighted by Gasteiger charge is 2.20. The molecule has 0 spiro atoms. The van der Waals surface area contributed by atoms with Gasteiger partial charge in [-0.1, -0.05) is 47.0 Å². The van der Waals surface area contributed by atoms with E-state index >= 15 is 0 Å². The molecule has 0 unspecified atom stereocenters. The van der Waals surface area contributed by atoms with Crippen LogP contribution in [0.3, 0.4) is 0 Å². The molecule has 0 aliphatic carbocycles. The SMILES string of the molecule is CSC1=C(SC)SC(=c2ccc(=C3SC=CS3)s2)S1. The molecule has 3 rings (SSSR count). The van der Waals surface area contributed by atoms with Gasteiger partial charge in [-0.05, 0) is 35.5 Å². The number of rotatable bonds is 2. The Hall–Kier alpha value is 1.02. The zero-order valence-electron chi connectivity index (χ0n) is 10.2. The van der Waals surface area contributed by atoms with Crippen molar-refractivity contribution in [2.45, 2.75) is 0 Å². The van der Waals surface area contributed by atoms with Crippen molar-refractivity contribution in [3.63, 3.8) is 0 Å². The topological polar surface area (TPSA) is 0 Å². The van der Waals surface area contributed by atoms with Gasteiger partial charge >= 0.3 is 0 Å². The molecule has 7 heteroatoms. The maximum atomic E-state index is 2.27. The van der Waals surface area contributed by atoms with Crippen LogP contribution in [0.2, 0.25) is 0 Å². The van der Waals surface area contributed by atoms with E-state index in [2.05, 4.69) is 35.5 Å². The summed E-state index contributed by atoms with van der Waals surface area (Å²) in [7, 11) is 0. The number of hydrogen-bond acceptors (Lipinski definition) is 7. The lowest BCUT2D eigenvalue weighted by molar-refractivity contribution is 1.88. The van der Waals surface area contributed by atoms with E-state index in [9.17, 15) is 0 Å². The normalized spacial score (nSPS) is 19.1. The van der Waals surface area contributed by atoms with Crippen molar-refractivity contribution in [3.05, 3.63) is 40.5 Å². The molecule has 0 atom stereocenters. The molecule has 1 aromatic rings. The smallest absolute Gasteiger partial charge is 0.0682 e. The highest BCUT2D eigenvalue weighted by atomic mass is 32.3. The van der Waals surface area contributed by atoms with Gasteiger partial charge in [-0.3, -0.25) is 0 Å². The van der Waals surface area contributed by atoms with E-state index in [4.69, 9.17) is 0 Å². The fourth-order valence-electron chi connectivity index (χ4n) is 1.50. The number of hydrogen-bond donors (Lipinski definition) is 0. The van der Waals surface area contributed by atoms with Gasteiger partial charge in [0.15, 0.2) is 0 Å². The molecule has 0 N–H and O–H groups in total. The quantitative estimate of drug-likeness (QED) is 0.692. The van der Waals surface area contributed by atoms with E-state index in [-0.39, 0.29) is 0 Å². The fourth-order valence-corrected chi connectivity index (χ4v) is 9.66. The van der Waals surface area contributed by atoms with Crippen LogP contribution in [-0.2, 0) is 0 Å². The Labute approximate surface area is 142 Å². The minimum atomic E-state index is 1.40. The van der Waals surface area contributed by atoms with Crippen LogP contribution >= 0.6 is 81.9 Å². The Morgan fingerprint density at radius 3 is 1.84 bits per heavy atom. The molecule has 0 amide bonds. The van der Waals surface area contributed by atoms with Crippen molar-refractivity contribution in [1.82, 2.24) is 0 Å². The average Bonchev–Trinajstić information content (AvgIpc) is 3.16. The summed E-state index contributed by atoms with van der Waals surface area (Å²) >= 11 is 13.1. The summed E-state index contributed by atoms with van der Waals surface area (Å²) in [6.45, 7) is 0. The van der Waals surface area contributed by atoms with Crippen molar-refractivity contribution in [2.24, 2.45) is 0 Å². The van der Waals surface area contributed by atoms with Gasteiger partial charge in [-0.25, -0.2) is 0 Å². The minimum absolute atomic E-state index is 1.40. The second-order valence-corrected chi connectivity index (χ2v) is 11.1. The van der Waals surface area contributed by atoms with Crippen LogP contribution in [0.4, 0.5) is 0 Å². The summed E-state index contributed by atoms with van der Waals surface area (Å²) in [6, 6.07) is 4.52. The van der Waals surface area contributed by atoms with Crippen LogP contribution in [0.15, 0.2) is 31.4 Å². The third kappa shape index (κ3) is 3.27. The van der Waals surface area contributed by atoms with E-state index in [1.54, 1.807) is 0 Å². The second kappa shape index (κ2) is 6.85. The van der Waals surface area contributed by atoms with Gasteiger partial charge in [0, 0.05) is 9.06 Å². The molecule has 100 valence electrons. The first-order valence-electron chi connectivity index (χ1n) is 5.32. The highest BCUT2D eigenvalue weighted by Crippen LogP contribution is 2.56. The van der Waals surface area contributed by atoms with Gasteiger partial charge in [0.05, 0.1) is 16.9 Å². The molecule has 2 aliphatic heterocycles. The zero-order valence-corrected chi connectivity index (χ0v) is 15.9. The van der Waals surface area contributed by atoms with Crippen LogP contribution < -0.4 is 9.06 Å². The molecule has 0 aromatic carbocycles. The summed E-state index contributed by atoms with van der Waals surface area (Å²) in [4.78, 5) is 0. The monoisotopic (exact) mass is 378 g/mol. The standard InChI is InChI=1S/C12H10S7/c1-13-11-12(14-2)19-10(18-11)8-4-3-7(17-8)9-15-5-6-16-9/h3-6H,1-2H3. The minimum Gasteiger partial charge on any atom is -0.133 e. The summed E-state index contributed by atoms with van der Waals surface area (Å²) in [5.74, 6) is 0. The molecular weight excluding hydrogens is 369 g/mol. The molecular formula is C12H10S7. The van der Waals surface area contributed by atoms with Crippen LogP contribution in [0.1, 0.15) is 0 Å². The Balaban J connectivity index is 1.96. The lowest BCUT2D eigenvalue weighted by Gasteiger charge is -1.94. The van der Waals surface area contributed by atoms with Crippen LogP contribution in [-0.4, -0.2) is 12.5 Å². The Bertz CT molecular complexity index is 636. The van der Waals surface area contributed by atoms with Crippen molar-refractivity contribution in [1.29, 1.82) is 0 Å². The lowest BCUT2D eigenvalue weighted by atomic mass is 10.6. The maximum Gasteiger partial charge on any atom is 0.0682 e. The molecule has 0 nitrogen and oxygen atoms in total. The Kier molecular flexibility index (Phi) is 5.39. The lowest BCUT2D eigenvalue weighted by Crippen LogP contribution is -1.95. The average molecular weight is 379 g/mol. The predicted octanol–water partition coefficient (Wildman–Crippen LogP) is 5.16. The molecule has 0 bridgehead atoms. The molecule has 2 aliphatic rings. The first-order chi connectivity index (χ1) is 9.31. The number of thiophene rings is 1. The van der Waals surface area contributed by atoms with Gasteiger partial charge < -0.3 is 0 Å². The second-order valence-electron chi connectivity index (χ2n) is 3.43. The van der Waals surface area contributed by atoms with Crippen LogP contribution in [0.5, 0.6) is 0 Å². The van der Waals surface area contributed by atoms with E-state index in [1.807, 2.05) is 81.9 Å². The summed E-state index contributed by atoms with van der Waals surface area (Å²) in [5.41, 5.74) is 0. The molecule has 19 heavy (non-hydrogen) atoms. The summed E-state index contributed by atoms with van der Waals surface area (Å²) in [5, 5.41) is 4.32. The van der Waals surface area contributed by atoms with E-state index in [1.165, 1.54) is 26.0 Å². The van der Waals surface area contributed by atoms with Gasteiger partial charge in [0.25, 0.3) is 0 Å². The van der Waals surface area contributed by atoms with E-state index in [0.29, 0.717) is 0 Å². The largest absolute Gasteiger partial charge is 0.133 e. The van der Waals surface area contributed by atoms with E-state index in [0.717, 1.165) is 0 Å². The Morgan fingerprint density at radius 2 is 1.32 bits per heavy atom. The summed E-state index contributed by atoms with van der Waals surface area (Å²) < 4.78 is 8.54. The third-order valence-electron chi connectivity index (χ3n) is 2.32. The van der Waals surface area contributed by atoms with Gasteiger partial charge in [-0.2, -0.15) is 0 Å². The molecule has 0 fully saturated rings. The van der Waals surface area contributed by atoms with Gasteiger partial charge in [-0.15, -0.1) is 34.9 Å². The predicted molar refractivity (Wildman–Crippen MR) is 104 cm³/mol. The van der Waals surface area contributed by atoms with Crippen molar-refractivity contribution < 1.29 is 0 Å². The Morgan fingerprint density at radius 1 is 0.789 bits per heavy atom. The maximum absolute atomic E-state index is 2.27. The van der Waals surface area contributed by atoms with Gasteiger partial charge in [0.2, 0.25) is 0 Å². The summed E-state index contributed by atoms with van der Waals surface area (Å²) in [6.07, 6.45) is 4.32. The zero-order chi connectivity index (χ0) is 13.2. The van der Waals surface area contributed by atoms with Crippen LogP contribution in [0.25, 0.3) is 8.47 Å². The van der Waals surface area contributed by atoms with Crippen LogP contribution in [0, 0.1) is 0 Å². The molecule has 1 aromatic heterocycles. The first kappa shape index (κ1) is 14.9. The molecule has 0 radical (unpaired) electrons. The third-order valence-corrected chi connectivity index (χ3v) is 11.4. The van der Waals surface area contributed by atoms with E-state index < -0.39 is 0 Å². The van der Waals surface area contributed by atoms with Gasteiger partial charge in [0.1, 0.15) is 0 Å². The molecule has 0 saturated carbocycles. The molecule has 0 saturated heterocycles. The number of thioether (sulfide) groups is 6. The highest BCUT2D eigenvalue weighted by molar-refractivity contribution is 8.45. The van der Waals surface area contributed by atoms with Crippen molar-refractivity contribution in [3.8, 4) is 0 Å². The van der Waals surface area contributed by atoms with Crippen molar-refractivity contribution in [2.75, 3.05) is 12.5 Å². The van der Waals surface area contributed by atoms with Crippen molar-refractivity contribution >= 4 is 90.4 Å². The molecule has 3 heterocycles.